The Morgan fingerprint density at radius 2 is 2.46 bits per heavy atom. The molecule has 0 saturated heterocycles. The second-order valence-electron chi connectivity index (χ2n) is 2.62. The first-order valence-corrected chi connectivity index (χ1v) is 5.28. The van der Waals surface area contributed by atoms with E-state index in [0.29, 0.717) is 11.5 Å². The third kappa shape index (κ3) is 2.81. The van der Waals surface area contributed by atoms with Gasteiger partial charge in [-0.05, 0) is 18.2 Å². The highest BCUT2D eigenvalue weighted by atomic mass is 32.2. The van der Waals surface area contributed by atoms with Gasteiger partial charge >= 0.3 is 5.97 Å². The van der Waals surface area contributed by atoms with Crippen LogP contribution in [0.2, 0.25) is 0 Å². The van der Waals surface area contributed by atoms with Gasteiger partial charge in [-0.2, -0.15) is 11.8 Å². The van der Waals surface area contributed by atoms with Crippen LogP contribution in [0.3, 0.4) is 0 Å². The molecule has 0 aliphatic rings. The molecular weight excluding hydrogens is 188 g/mol. The van der Waals surface area contributed by atoms with E-state index in [-0.39, 0.29) is 5.56 Å². The Labute approximate surface area is 81.1 Å². The summed E-state index contributed by atoms with van der Waals surface area (Å²) in [4.78, 5) is 10.6. The van der Waals surface area contributed by atoms with Gasteiger partial charge in [0.25, 0.3) is 0 Å². The first-order chi connectivity index (χ1) is 6.25. The van der Waals surface area contributed by atoms with Crippen molar-refractivity contribution in [3.05, 3.63) is 23.7 Å². The summed E-state index contributed by atoms with van der Waals surface area (Å²) in [6, 6.07) is 1.49. The quantitative estimate of drug-likeness (QED) is 0.742. The van der Waals surface area contributed by atoms with E-state index < -0.39 is 5.97 Å². The lowest BCUT2D eigenvalue weighted by molar-refractivity contribution is 0.0695. The fraction of sp³-hybridized carbons (Fsp3) is 0.444. The highest BCUT2D eigenvalue weighted by Crippen LogP contribution is 2.18. The molecule has 13 heavy (non-hydrogen) atoms. The molecule has 0 unspecified atom stereocenters. The second kappa shape index (κ2) is 4.97. The maximum absolute atomic E-state index is 10.6. The molecule has 0 aliphatic carbocycles. The van der Waals surface area contributed by atoms with Gasteiger partial charge in [0.15, 0.2) is 0 Å². The fourth-order valence-electron chi connectivity index (χ4n) is 0.952. The SMILES string of the molecule is CCCSCc1occc1C(=O)O. The smallest absolute Gasteiger partial charge is 0.339 e. The summed E-state index contributed by atoms with van der Waals surface area (Å²) in [5.41, 5.74) is 0.281. The Hall–Kier alpha value is -0.900. The van der Waals surface area contributed by atoms with Crippen molar-refractivity contribution in [3.63, 3.8) is 0 Å². The van der Waals surface area contributed by atoms with E-state index in [1.54, 1.807) is 11.8 Å². The van der Waals surface area contributed by atoms with Gasteiger partial charge < -0.3 is 9.52 Å². The van der Waals surface area contributed by atoms with Crippen molar-refractivity contribution < 1.29 is 14.3 Å². The third-order valence-corrected chi connectivity index (χ3v) is 2.72. The first-order valence-electron chi connectivity index (χ1n) is 4.13. The van der Waals surface area contributed by atoms with Gasteiger partial charge in [0, 0.05) is 0 Å². The molecule has 0 aromatic carbocycles. The first kappa shape index (κ1) is 10.2. The maximum atomic E-state index is 10.6. The van der Waals surface area contributed by atoms with Crippen LogP contribution in [0.15, 0.2) is 16.7 Å². The average Bonchev–Trinajstić information content (AvgIpc) is 2.53. The standard InChI is InChI=1S/C9H12O3S/c1-2-5-13-6-8-7(9(10)11)3-4-12-8/h3-4H,2,5-6H2,1H3,(H,10,11). The summed E-state index contributed by atoms with van der Waals surface area (Å²) in [5, 5.41) is 8.74. The topological polar surface area (TPSA) is 50.4 Å². The second-order valence-corrected chi connectivity index (χ2v) is 3.72. The Bertz CT molecular complexity index is 280. The lowest BCUT2D eigenvalue weighted by Gasteiger charge is -1.97. The molecule has 0 amide bonds. The van der Waals surface area contributed by atoms with E-state index in [4.69, 9.17) is 9.52 Å². The molecule has 0 atom stereocenters. The van der Waals surface area contributed by atoms with E-state index >= 15 is 0 Å². The number of rotatable bonds is 5. The number of furan rings is 1. The molecule has 0 fully saturated rings. The summed E-state index contributed by atoms with van der Waals surface area (Å²) in [6.07, 6.45) is 2.51. The van der Waals surface area contributed by atoms with Gasteiger partial charge in [0.05, 0.1) is 12.0 Å². The van der Waals surface area contributed by atoms with Gasteiger partial charge in [-0.3, -0.25) is 0 Å². The minimum atomic E-state index is -0.916. The van der Waals surface area contributed by atoms with Crippen LogP contribution in [0.1, 0.15) is 29.5 Å². The predicted molar refractivity (Wildman–Crippen MR) is 52.1 cm³/mol. The van der Waals surface area contributed by atoms with Crippen LogP contribution in [0.4, 0.5) is 0 Å². The molecule has 3 nitrogen and oxygen atoms in total. The summed E-state index contributed by atoms with van der Waals surface area (Å²) >= 11 is 1.69. The zero-order valence-corrected chi connectivity index (χ0v) is 8.26. The van der Waals surface area contributed by atoms with Crippen LogP contribution >= 0.6 is 11.8 Å². The lowest BCUT2D eigenvalue weighted by atomic mass is 10.3. The number of carboxylic acids is 1. The van der Waals surface area contributed by atoms with E-state index in [1.807, 2.05) is 0 Å². The van der Waals surface area contributed by atoms with Gasteiger partial charge in [0.2, 0.25) is 0 Å². The number of aromatic carboxylic acids is 1. The number of carboxylic acid groups (broad SMARTS) is 1. The number of hydrogen-bond donors (Lipinski definition) is 1. The van der Waals surface area contributed by atoms with Crippen LogP contribution in [-0.2, 0) is 5.75 Å². The molecule has 1 rings (SSSR count). The third-order valence-electron chi connectivity index (χ3n) is 1.56. The lowest BCUT2D eigenvalue weighted by Crippen LogP contribution is -1.97. The van der Waals surface area contributed by atoms with E-state index in [1.165, 1.54) is 12.3 Å². The van der Waals surface area contributed by atoms with Crippen molar-refractivity contribution in [3.8, 4) is 0 Å². The highest BCUT2D eigenvalue weighted by Gasteiger charge is 2.12. The molecule has 0 aliphatic heterocycles. The maximum Gasteiger partial charge on any atom is 0.339 e. The average molecular weight is 200 g/mol. The van der Waals surface area contributed by atoms with Gasteiger partial charge in [-0.25, -0.2) is 4.79 Å². The van der Waals surface area contributed by atoms with Crippen molar-refractivity contribution in [2.75, 3.05) is 5.75 Å². The van der Waals surface area contributed by atoms with E-state index in [9.17, 15) is 4.79 Å². The summed E-state index contributed by atoms with van der Waals surface area (Å²) < 4.78 is 5.07. The zero-order chi connectivity index (χ0) is 9.68. The van der Waals surface area contributed by atoms with Crippen LogP contribution in [0.25, 0.3) is 0 Å². The molecule has 0 saturated carbocycles. The monoisotopic (exact) mass is 200 g/mol. The van der Waals surface area contributed by atoms with Gasteiger partial charge in [0.1, 0.15) is 11.3 Å². The summed E-state index contributed by atoms with van der Waals surface area (Å²) in [6.45, 7) is 2.09. The van der Waals surface area contributed by atoms with Gasteiger partial charge in [-0.15, -0.1) is 0 Å². The molecule has 0 spiro atoms. The molecule has 1 aromatic rings. The van der Waals surface area contributed by atoms with Crippen LogP contribution < -0.4 is 0 Å². The summed E-state index contributed by atoms with van der Waals surface area (Å²) in [5.74, 6) is 1.31. The van der Waals surface area contributed by atoms with Gasteiger partial charge in [-0.1, -0.05) is 6.92 Å². The fourth-order valence-corrected chi connectivity index (χ4v) is 1.79. The van der Waals surface area contributed by atoms with Crippen molar-refractivity contribution in [2.24, 2.45) is 0 Å². The molecule has 0 radical (unpaired) electrons. The Kier molecular flexibility index (Phi) is 3.89. The molecule has 4 heteroatoms. The Morgan fingerprint density at radius 3 is 3.08 bits per heavy atom. The Morgan fingerprint density at radius 1 is 1.69 bits per heavy atom. The van der Waals surface area contributed by atoms with Crippen molar-refractivity contribution in [2.45, 2.75) is 19.1 Å². The number of thioether (sulfide) groups is 1. The molecular formula is C9H12O3S. The minimum absolute atomic E-state index is 0.281. The van der Waals surface area contributed by atoms with Crippen LogP contribution in [0, 0.1) is 0 Å². The highest BCUT2D eigenvalue weighted by molar-refractivity contribution is 7.98. The Balaban J connectivity index is 2.55. The number of hydrogen-bond acceptors (Lipinski definition) is 3. The van der Waals surface area contributed by atoms with E-state index in [2.05, 4.69) is 6.92 Å². The molecule has 1 N–H and O–H groups in total. The van der Waals surface area contributed by atoms with Crippen LogP contribution in [0.5, 0.6) is 0 Å². The van der Waals surface area contributed by atoms with Crippen molar-refractivity contribution in [1.82, 2.24) is 0 Å². The van der Waals surface area contributed by atoms with Crippen molar-refractivity contribution in [1.29, 1.82) is 0 Å². The molecule has 0 bridgehead atoms. The predicted octanol–water partition coefficient (Wildman–Crippen LogP) is 2.62. The minimum Gasteiger partial charge on any atom is -0.478 e. The normalized spacial score (nSPS) is 10.2. The largest absolute Gasteiger partial charge is 0.478 e. The number of carbonyl (C=O) groups is 1. The summed E-state index contributed by atoms with van der Waals surface area (Å²) in [7, 11) is 0. The van der Waals surface area contributed by atoms with Crippen LogP contribution in [-0.4, -0.2) is 16.8 Å². The molecule has 72 valence electrons. The molecule has 1 heterocycles. The van der Waals surface area contributed by atoms with E-state index in [0.717, 1.165) is 12.2 Å². The van der Waals surface area contributed by atoms with Crippen molar-refractivity contribution >= 4 is 17.7 Å². The zero-order valence-electron chi connectivity index (χ0n) is 7.45. The molecule has 1 aromatic heterocycles.